The third kappa shape index (κ3) is 3.29. The van der Waals surface area contributed by atoms with Crippen LogP contribution in [-0.2, 0) is 4.79 Å². The number of rotatable bonds is 4. The summed E-state index contributed by atoms with van der Waals surface area (Å²) in [5.41, 5.74) is 1.72. The predicted molar refractivity (Wildman–Crippen MR) is 93.1 cm³/mol. The van der Waals surface area contributed by atoms with E-state index in [2.05, 4.69) is 4.99 Å². The Morgan fingerprint density at radius 3 is 2.52 bits per heavy atom. The number of amides is 1. The SMILES string of the molecule is COc1ccc(OC)c(C=C2SC(c3ccccc3)=NC2=O)c1. The predicted octanol–water partition coefficient (Wildman–Crippen LogP) is 3.76. The molecule has 0 radical (unpaired) electrons. The molecule has 1 aliphatic rings. The van der Waals surface area contributed by atoms with Crippen molar-refractivity contribution in [2.75, 3.05) is 14.2 Å². The molecule has 2 aromatic rings. The van der Waals surface area contributed by atoms with Crippen LogP contribution in [0.5, 0.6) is 11.5 Å². The first-order valence-electron chi connectivity index (χ1n) is 7.01. The zero-order chi connectivity index (χ0) is 16.2. The third-order valence-corrected chi connectivity index (χ3v) is 4.40. The van der Waals surface area contributed by atoms with Crippen molar-refractivity contribution in [3.63, 3.8) is 0 Å². The van der Waals surface area contributed by atoms with Gasteiger partial charge in [-0.1, -0.05) is 42.1 Å². The van der Waals surface area contributed by atoms with Crippen molar-refractivity contribution >= 4 is 28.8 Å². The molecule has 0 fully saturated rings. The summed E-state index contributed by atoms with van der Waals surface area (Å²) in [6, 6.07) is 15.1. The Morgan fingerprint density at radius 2 is 1.83 bits per heavy atom. The summed E-state index contributed by atoms with van der Waals surface area (Å²) < 4.78 is 10.6. The van der Waals surface area contributed by atoms with Crippen molar-refractivity contribution in [2.45, 2.75) is 0 Å². The van der Waals surface area contributed by atoms with Crippen molar-refractivity contribution in [1.29, 1.82) is 0 Å². The normalized spacial score (nSPS) is 15.7. The van der Waals surface area contributed by atoms with Crippen LogP contribution in [0.2, 0.25) is 0 Å². The quantitative estimate of drug-likeness (QED) is 0.803. The summed E-state index contributed by atoms with van der Waals surface area (Å²) in [7, 11) is 3.20. The molecule has 2 aromatic carbocycles. The highest BCUT2D eigenvalue weighted by molar-refractivity contribution is 8.19. The molecule has 23 heavy (non-hydrogen) atoms. The summed E-state index contributed by atoms with van der Waals surface area (Å²) in [5, 5.41) is 0.712. The van der Waals surface area contributed by atoms with Crippen LogP contribution in [0.15, 0.2) is 58.4 Å². The maximum absolute atomic E-state index is 12.2. The number of carbonyl (C=O) groups is 1. The maximum atomic E-state index is 12.2. The second kappa shape index (κ2) is 6.71. The van der Waals surface area contributed by atoms with Gasteiger partial charge in [0.2, 0.25) is 0 Å². The minimum atomic E-state index is -0.237. The largest absolute Gasteiger partial charge is 0.497 e. The zero-order valence-corrected chi connectivity index (χ0v) is 13.6. The van der Waals surface area contributed by atoms with Gasteiger partial charge in [0, 0.05) is 11.1 Å². The molecule has 0 N–H and O–H groups in total. The van der Waals surface area contributed by atoms with Gasteiger partial charge in [-0.3, -0.25) is 4.79 Å². The summed E-state index contributed by atoms with van der Waals surface area (Å²) in [6.45, 7) is 0. The van der Waals surface area contributed by atoms with E-state index in [0.717, 1.165) is 11.1 Å². The van der Waals surface area contributed by atoms with Crippen molar-refractivity contribution < 1.29 is 14.3 Å². The Balaban J connectivity index is 1.92. The lowest BCUT2D eigenvalue weighted by molar-refractivity contribution is -0.113. The molecule has 0 saturated carbocycles. The molecular weight excluding hydrogens is 310 g/mol. The van der Waals surface area contributed by atoms with E-state index in [0.29, 0.717) is 21.4 Å². The van der Waals surface area contributed by atoms with Gasteiger partial charge in [0.15, 0.2) is 0 Å². The fourth-order valence-corrected chi connectivity index (χ4v) is 3.12. The van der Waals surface area contributed by atoms with Crippen LogP contribution >= 0.6 is 11.8 Å². The molecule has 3 rings (SSSR count). The Hall–Kier alpha value is -2.53. The fraction of sp³-hybridized carbons (Fsp3) is 0.111. The Morgan fingerprint density at radius 1 is 1.04 bits per heavy atom. The van der Waals surface area contributed by atoms with Gasteiger partial charge in [-0.15, -0.1) is 0 Å². The second-order valence-corrected chi connectivity index (χ2v) is 5.84. The zero-order valence-electron chi connectivity index (χ0n) is 12.8. The topological polar surface area (TPSA) is 47.9 Å². The number of benzene rings is 2. The Kier molecular flexibility index (Phi) is 4.48. The molecule has 0 atom stereocenters. The van der Waals surface area contributed by atoms with Gasteiger partial charge in [0.1, 0.15) is 16.5 Å². The van der Waals surface area contributed by atoms with Crippen LogP contribution in [0.1, 0.15) is 11.1 Å². The summed E-state index contributed by atoms with van der Waals surface area (Å²) in [4.78, 5) is 16.9. The second-order valence-electron chi connectivity index (χ2n) is 4.81. The van der Waals surface area contributed by atoms with E-state index in [1.807, 2.05) is 48.5 Å². The lowest BCUT2D eigenvalue weighted by Crippen LogP contribution is -1.92. The van der Waals surface area contributed by atoms with E-state index in [4.69, 9.17) is 9.47 Å². The average molecular weight is 325 g/mol. The molecule has 0 bridgehead atoms. The Labute approximate surface area is 138 Å². The monoisotopic (exact) mass is 325 g/mol. The molecule has 1 amide bonds. The molecule has 0 spiro atoms. The molecule has 0 aromatic heterocycles. The van der Waals surface area contributed by atoms with Crippen molar-refractivity contribution in [3.05, 3.63) is 64.6 Å². The summed E-state index contributed by atoms with van der Waals surface area (Å²) >= 11 is 1.36. The highest BCUT2D eigenvalue weighted by Crippen LogP contribution is 2.34. The first-order chi connectivity index (χ1) is 11.2. The smallest absolute Gasteiger partial charge is 0.284 e. The van der Waals surface area contributed by atoms with E-state index < -0.39 is 0 Å². The summed E-state index contributed by atoms with van der Waals surface area (Å²) in [6.07, 6.45) is 1.79. The highest BCUT2D eigenvalue weighted by atomic mass is 32.2. The van der Waals surface area contributed by atoms with E-state index in [-0.39, 0.29) is 5.91 Å². The molecule has 4 nitrogen and oxygen atoms in total. The van der Waals surface area contributed by atoms with Gasteiger partial charge >= 0.3 is 0 Å². The van der Waals surface area contributed by atoms with Crippen LogP contribution in [0.3, 0.4) is 0 Å². The average Bonchev–Trinajstić information content (AvgIpc) is 2.96. The first-order valence-corrected chi connectivity index (χ1v) is 7.83. The minimum absolute atomic E-state index is 0.237. The Bertz CT molecular complexity index is 797. The number of ether oxygens (including phenoxy) is 2. The molecule has 5 heteroatoms. The van der Waals surface area contributed by atoms with Gasteiger partial charge < -0.3 is 9.47 Å². The number of aliphatic imine (C=N–C) groups is 1. The van der Waals surface area contributed by atoms with Crippen LogP contribution < -0.4 is 9.47 Å². The summed E-state index contributed by atoms with van der Waals surface area (Å²) in [5.74, 6) is 1.15. The van der Waals surface area contributed by atoms with Crippen molar-refractivity contribution in [3.8, 4) is 11.5 Å². The number of carbonyl (C=O) groups excluding carboxylic acids is 1. The lowest BCUT2D eigenvalue weighted by atomic mass is 10.1. The van der Waals surface area contributed by atoms with Crippen LogP contribution in [0.4, 0.5) is 0 Å². The van der Waals surface area contributed by atoms with E-state index in [1.54, 1.807) is 20.3 Å². The van der Waals surface area contributed by atoms with E-state index >= 15 is 0 Å². The third-order valence-electron chi connectivity index (χ3n) is 3.36. The number of thioether (sulfide) groups is 1. The van der Waals surface area contributed by atoms with E-state index in [9.17, 15) is 4.79 Å². The number of hydrogen-bond acceptors (Lipinski definition) is 4. The van der Waals surface area contributed by atoms with Gasteiger partial charge in [-0.2, -0.15) is 0 Å². The molecule has 0 saturated heterocycles. The van der Waals surface area contributed by atoms with Gasteiger partial charge in [-0.25, -0.2) is 4.99 Å². The number of hydrogen-bond donors (Lipinski definition) is 0. The van der Waals surface area contributed by atoms with Crippen molar-refractivity contribution in [2.24, 2.45) is 4.99 Å². The van der Waals surface area contributed by atoms with Crippen LogP contribution in [0.25, 0.3) is 6.08 Å². The van der Waals surface area contributed by atoms with Gasteiger partial charge in [0.25, 0.3) is 5.91 Å². The molecule has 0 aliphatic carbocycles. The number of nitrogens with zero attached hydrogens (tertiary/aromatic N) is 1. The molecular formula is C18H15NO3S. The minimum Gasteiger partial charge on any atom is -0.497 e. The molecule has 116 valence electrons. The first kappa shape index (κ1) is 15.4. The fourth-order valence-electron chi connectivity index (χ4n) is 2.21. The highest BCUT2D eigenvalue weighted by Gasteiger charge is 2.23. The van der Waals surface area contributed by atoms with E-state index in [1.165, 1.54) is 11.8 Å². The molecule has 0 unspecified atom stereocenters. The van der Waals surface area contributed by atoms with Gasteiger partial charge in [-0.05, 0) is 24.3 Å². The van der Waals surface area contributed by atoms with Crippen LogP contribution in [-0.4, -0.2) is 25.2 Å². The number of methoxy groups -OCH3 is 2. The lowest BCUT2D eigenvalue weighted by Gasteiger charge is -2.07. The van der Waals surface area contributed by atoms with Crippen molar-refractivity contribution in [1.82, 2.24) is 0 Å². The van der Waals surface area contributed by atoms with Crippen LogP contribution in [0, 0.1) is 0 Å². The molecule has 1 heterocycles. The maximum Gasteiger partial charge on any atom is 0.284 e. The van der Waals surface area contributed by atoms with Gasteiger partial charge in [0.05, 0.1) is 19.1 Å². The molecule has 1 aliphatic heterocycles. The standard InChI is InChI=1S/C18H15NO3S/c1-21-14-8-9-15(22-2)13(10-14)11-16-17(20)19-18(23-16)12-6-4-3-5-7-12/h3-11H,1-2H3.